The lowest BCUT2D eigenvalue weighted by atomic mass is 10.0. The van der Waals surface area contributed by atoms with Gasteiger partial charge in [0.15, 0.2) is 14.5 Å². The molecule has 1 fully saturated rings. The number of ether oxygens (including phenoxy) is 1. The van der Waals surface area contributed by atoms with E-state index < -0.39 is 66.4 Å². The van der Waals surface area contributed by atoms with E-state index >= 15 is 0 Å². The average molecular weight is 493 g/mol. The Bertz CT molecular complexity index is 996. The monoisotopic (exact) mass is 492 g/mol. The zero-order valence-electron chi connectivity index (χ0n) is 19.8. The number of aromatic nitrogens is 2. The van der Waals surface area contributed by atoms with Crippen molar-refractivity contribution in [1.82, 2.24) is 9.55 Å². The van der Waals surface area contributed by atoms with Gasteiger partial charge in [-0.2, -0.15) is 8.42 Å². The van der Waals surface area contributed by atoms with Crippen molar-refractivity contribution in [2.45, 2.75) is 71.2 Å². The summed E-state index contributed by atoms with van der Waals surface area (Å²) in [6, 6.07) is 1.18. The molecule has 2 N–H and O–H groups in total. The summed E-state index contributed by atoms with van der Waals surface area (Å²) in [5, 5.41) is 9.75. The summed E-state index contributed by atoms with van der Waals surface area (Å²) in [7, 11) is -6.40. The van der Waals surface area contributed by atoms with Gasteiger partial charge in [-0.3, -0.25) is 18.5 Å². The van der Waals surface area contributed by atoms with E-state index in [1.807, 2.05) is 47.7 Å². The number of aliphatic hydroxyl groups excluding tert-OH is 1. The fourth-order valence-corrected chi connectivity index (χ4v) is 5.98. The van der Waals surface area contributed by atoms with E-state index in [0.29, 0.717) is 0 Å². The van der Waals surface area contributed by atoms with Gasteiger partial charge in [-0.1, -0.05) is 34.6 Å². The highest BCUT2D eigenvalue weighted by Crippen LogP contribution is 2.43. The second-order valence-corrected chi connectivity index (χ2v) is 16.6. The van der Waals surface area contributed by atoms with Crippen LogP contribution < -0.4 is 11.2 Å². The molecule has 0 aromatic carbocycles. The summed E-state index contributed by atoms with van der Waals surface area (Å²) < 4.78 is 44.2. The molecule has 10 nitrogen and oxygen atoms in total. The highest BCUT2D eigenvalue weighted by Gasteiger charge is 2.52. The van der Waals surface area contributed by atoms with Crippen LogP contribution in [0.3, 0.4) is 0 Å². The largest absolute Gasteiger partial charge is 0.409 e. The maximum atomic E-state index is 12.7. The zero-order valence-corrected chi connectivity index (χ0v) is 21.6. The van der Waals surface area contributed by atoms with Gasteiger partial charge in [0.1, 0.15) is 0 Å². The van der Waals surface area contributed by atoms with Crippen molar-refractivity contribution in [3.63, 3.8) is 0 Å². The van der Waals surface area contributed by atoms with Crippen molar-refractivity contribution in [2.75, 3.05) is 19.0 Å². The van der Waals surface area contributed by atoms with E-state index in [1.54, 1.807) is 0 Å². The first kappa shape index (κ1) is 26.9. The molecule has 1 aromatic rings. The van der Waals surface area contributed by atoms with E-state index in [-0.39, 0.29) is 17.6 Å². The van der Waals surface area contributed by atoms with Gasteiger partial charge in [-0.05, 0) is 24.1 Å². The van der Waals surface area contributed by atoms with E-state index in [0.717, 1.165) is 0 Å². The highest BCUT2D eigenvalue weighted by molar-refractivity contribution is 7.86. The second kappa shape index (κ2) is 9.90. The zero-order chi connectivity index (χ0) is 24.5. The van der Waals surface area contributed by atoms with Gasteiger partial charge in [-0.25, -0.2) is 4.79 Å². The van der Waals surface area contributed by atoms with Crippen LogP contribution >= 0.6 is 0 Å². The minimum absolute atomic E-state index is 0.0185. The maximum absolute atomic E-state index is 12.7. The third kappa shape index (κ3) is 6.38. The summed E-state index contributed by atoms with van der Waals surface area (Å²) >= 11 is 0. The molecule has 0 amide bonds. The molecule has 184 valence electrons. The third-order valence-corrected chi connectivity index (χ3v) is 11.8. The molecule has 1 aliphatic heterocycles. The Morgan fingerprint density at radius 1 is 1.28 bits per heavy atom. The van der Waals surface area contributed by atoms with Crippen molar-refractivity contribution in [3.8, 4) is 0 Å². The number of H-pyrrole nitrogens is 1. The lowest BCUT2D eigenvalue weighted by Gasteiger charge is -2.40. The Balaban J connectivity index is 2.50. The Morgan fingerprint density at radius 3 is 2.41 bits per heavy atom. The van der Waals surface area contributed by atoms with Gasteiger partial charge in [0.2, 0.25) is 0 Å². The summed E-state index contributed by atoms with van der Waals surface area (Å²) in [6.45, 7) is 13.4. The van der Waals surface area contributed by atoms with Crippen molar-refractivity contribution in [3.05, 3.63) is 33.1 Å². The lowest BCUT2D eigenvalue weighted by molar-refractivity contribution is -0.0510. The molecule has 4 atom stereocenters. The molecule has 2 heterocycles. The molecule has 0 bridgehead atoms. The highest BCUT2D eigenvalue weighted by atomic mass is 32.2. The van der Waals surface area contributed by atoms with E-state index in [4.69, 9.17) is 13.3 Å². The molecule has 32 heavy (non-hydrogen) atoms. The molecule has 0 aliphatic carbocycles. The van der Waals surface area contributed by atoms with Crippen LogP contribution in [0.4, 0.5) is 0 Å². The molecule has 0 spiro atoms. The first-order valence-electron chi connectivity index (χ1n) is 10.7. The Morgan fingerprint density at radius 2 is 1.91 bits per heavy atom. The molecule has 0 unspecified atom stereocenters. The first-order valence-corrected chi connectivity index (χ1v) is 15.2. The van der Waals surface area contributed by atoms with Gasteiger partial charge in [0.05, 0.1) is 31.2 Å². The third-order valence-electron chi connectivity index (χ3n) is 6.01. The quantitative estimate of drug-likeness (QED) is 0.390. The summed E-state index contributed by atoms with van der Waals surface area (Å²) in [4.78, 5) is 26.2. The van der Waals surface area contributed by atoms with Crippen molar-refractivity contribution < 1.29 is 26.9 Å². The lowest BCUT2D eigenvalue weighted by Crippen LogP contribution is -2.49. The summed E-state index contributed by atoms with van der Waals surface area (Å²) in [6.07, 6.45) is -1.48. The Kier molecular flexibility index (Phi) is 8.33. The van der Waals surface area contributed by atoms with Crippen LogP contribution in [-0.2, 0) is 23.5 Å². The normalized spacial score (nSPS) is 24.9. The number of hydrogen-bond donors (Lipinski definition) is 2. The van der Waals surface area contributed by atoms with Crippen LogP contribution in [0.15, 0.2) is 21.9 Å². The number of aliphatic hydroxyl groups is 1. The van der Waals surface area contributed by atoms with Gasteiger partial charge < -0.3 is 14.3 Å². The molecule has 2 rings (SSSR count). The molecule has 0 saturated carbocycles. The van der Waals surface area contributed by atoms with Crippen LogP contribution in [0.5, 0.6) is 0 Å². The van der Waals surface area contributed by atoms with Crippen LogP contribution in [0, 0.1) is 11.8 Å². The minimum Gasteiger partial charge on any atom is -0.409 e. The smallest absolute Gasteiger partial charge is 0.330 e. The molecular weight excluding hydrogens is 456 g/mol. The van der Waals surface area contributed by atoms with E-state index in [2.05, 4.69) is 4.98 Å². The minimum atomic E-state index is -3.95. The second-order valence-electron chi connectivity index (χ2n) is 10.2. The summed E-state index contributed by atoms with van der Waals surface area (Å²) in [5.41, 5.74) is -1.27. The van der Waals surface area contributed by atoms with Gasteiger partial charge >= 0.3 is 5.69 Å². The number of hydrogen-bond acceptors (Lipinski definition) is 8. The van der Waals surface area contributed by atoms with Crippen LogP contribution in [0.1, 0.15) is 40.8 Å². The van der Waals surface area contributed by atoms with Crippen LogP contribution in [-0.4, -0.2) is 62.6 Å². The molecule has 12 heteroatoms. The standard InChI is InChI=1S/C20H36N2O8SSi/c1-13(2)11-28-31(26,27)12-14-15(10-23)29-18(22-9-8-16(24)21-19(22)25)17(14)30-32(6,7)20(3,4)5/h8-9,13-15,17-18,23H,10-12H2,1-7H3,(H,21,24,25)/t14-,15-,17-,18-/m1/s1. The SMILES string of the molecule is CC(C)COS(=O)(=O)C[C@H]1[C@@H](O[Si](C)(C)C(C)(C)C)[C@H](n2ccc(=O)[nH]c2=O)O[C@@H]1CO. The molecule has 0 radical (unpaired) electrons. The molecule has 1 aliphatic rings. The van der Waals surface area contributed by atoms with Gasteiger partial charge in [-0.15, -0.1) is 0 Å². The van der Waals surface area contributed by atoms with Crippen LogP contribution in [0.2, 0.25) is 18.1 Å². The van der Waals surface area contributed by atoms with E-state index in [1.165, 1.54) is 16.8 Å². The first-order chi connectivity index (χ1) is 14.6. The van der Waals surface area contributed by atoms with Crippen molar-refractivity contribution in [1.29, 1.82) is 0 Å². The number of nitrogens with one attached hydrogen (secondary N) is 1. The molecular formula is C20H36N2O8SSi. The van der Waals surface area contributed by atoms with Crippen molar-refractivity contribution in [2.24, 2.45) is 11.8 Å². The summed E-state index contributed by atoms with van der Waals surface area (Å²) in [5.74, 6) is -1.20. The predicted molar refractivity (Wildman–Crippen MR) is 122 cm³/mol. The fourth-order valence-electron chi connectivity index (χ4n) is 3.20. The van der Waals surface area contributed by atoms with Crippen LogP contribution in [0.25, 0.3) is 0 Å². The maximum Gasteiger partial charge on any atom is 0.330 e. The van der Waals surface area contributed by atoms with Crippen molar-refractivity contribution >= 4 is 18.4 Å². The Labute approximate surface area is 190 Å². The fraction of sp³-hybridized carbons (Fsp3) is 0.800. The molecule has 1 aromatic heterocycles. The molecule has 1 saturated heterocycles. The van der Waals surface area contributed by atoms with Gasteiger partial charge in [0.25, 0.3) is 15.7 Å². The number of rotatable bonds is 9. The van der Waals surface area contributed by atoms with Gasteiger partial charge in [0, 0.05) is 18.2 Å². The number of nitrogens with zero attached hydrogens (tertiary/aromatic N) is 1. The predicted octanol–water partition coefficient (Wildman–Crippen LogP) is 1.44. The topological polar surface area (TPSA) is 137 Å². The van der Waals surface area contributed by atoms with E-state index in [9.17, 15) is 23.1 Å². The number of aromatic amines is 1. The Hall–Kier alpha value is -1.31. The average Bonchev–Trinajstić information content (AvgIpc) is 2.95.